The third-order valence-corrected chi connectivity index (χ3v) is 5.62. The molecule has 0 aliphatic heterocycles. The van der Waals surface area contributed by atoms with Gasteiger partial charge in [0, 0.05) is 23.3 Å². The number of nitrogens with zero attached hydrogens (tertiary/aromatic N) is 1. The minimum Gasteiger partial charge on any atom is -0.493 e. The van der Waals surface area contributed by atoms with E-state index in [4.69, 9.17) is 26.4 Å². The van der Waals surface area contributed by atoms with Gasteiger partial charge in [0.2, 0.25) is 5.91 Å². The number of nitrogens with one attached hydrogen (secondary N) is 2. The van der Waals surface area contributed by atoms with E-state index >= 15 is 0 Å². The smallest absolute Gasteiger partial charge is 0.230 e. The van der Waals surface area contributed by atoms with Gasteiger partial charge in [-0.25, -0.2) is 0 Å². The van der Waals surface area contributed by atoms with Gasteiger partial charge in [0.1, 0.15) is 11.5 Å². The standard InChI is InChI=1S/C27H25N3O4S/c1-17-6-4-5-7-18(17)14-26(31)30-27(35)29-19-8-10-20(11-9-19)34-23-12-13-28-22-16-25(33-3)24(32-2)15-21(22)23/h4-13,15-16H,14H2,1-3H3,(H2,29,30,31,35). The van der Waals surface area contributed by atoms with Gasteiger partial charge >= 0.3 is 0 Å². The van der Waals surface area contributed by atoms with Gasteiger partial charge in [-0.05, 0) is 66.7 Å². The van der Waals surface area contributed by atoms with Crippen LogP contribution < -0.4 is 24.8 Å². The zero-order valence-corrected chi connectivity index (χ0v) is 20.4. The van der Waals surface area contributed by atoms with Crippen molar-refractivity contribution >= 4 is 39.8 Å². The molecule has 1 aromatic heterocycles. The summed E-state index contributed by atoms with van der Waals surface area (Å²) in [5, 5.41) is 6.78. The van der Waals surface area contributed by atoms with E-state index in [-0.39, 0.29) is 17.4 Å². The number of ether oxygens (including phenoxy) is 3. The summed E-state index contributed by atoms with van der Waals surface area (Å²) in [6.45, 7) is 1.98. The van der Waals surface area contributed by atoms with Crippen molar-refractivity contribution in [2.45, 2.75) is 13.3 Å². The van der Waals surface area contributed by atoms with Gasteiger partial charge in [-0.2, -0.15) is 0 Å². The molecule has 7 nitrogen and oxygen atoms in total. The van der Waals surface area contributed by atoms with Crippen LogP contribution in [0.4, 0.5) is 5.69 Å². The second-order valence-electron chi connectivity index (χ2n) is 7.77. The maximum absolute atomic E-state index is 12.3. The lowest BCUT2D eigenvalue weighted by Crippen LogP contribution is -2.35. The van der Waals surface area contributed by atoms with E-state index in [1.54, 1.807) is 26.5 Å². The average molecular weight is 488 g/mol. The zero-order valence-electron chi connectivity index (χ0n) is 19.6. The molecule has 4 rings (SSSR count). The van der Waals surface area contributed by atoms with Crippen LogP contribution in [-0.4, -0.2) is 30.2 Å². The highest BCUT2D eigenvalue weighted by molar-refractivity contribution is 7.80. The molecule has 0 fully saturated rings. The molecule has 178 valence electrons. The Morgan fingerprint density at radius 3 is 2.37 bits per heavy atom. The molecule has 4 aromatic rings. The summed E-state index contributed by atoms with van der Waals surface area (Å²) in [5.74, 6) is 2.29. The molecule has 0 aliphatic carbocycles. The number of aromatic nitrogens is 1. The minimum absolute atomic E-state index is 0.173. The Balaban J connectivity index is 1.40. The van der Waals surface area contributed by atoms with Gasteiger partial charge in [-0.1, -0.05) is 24.3 Å². The van der Waals surface area contributed by atoms with Gasteiger partial charge in [-0.15, -0.1) is 0 Å². The summed E-state index contributed by atoms with van der Waals surface area (Å²) in [5.41, 5.74) is 3.49. The molecule has 3 aromatic carbocycles. The molecule has 0 atom stereocenters. The molecule has 0 aliphatic rings. The Morgan fingerprint density at radius 1 is 0.943 bits per heavy atom. The molecular weight excluding hydrogens is 462 g/mol. The maximum Gasteiger partial charge on any atom is 0.230 e. The van der Waals surface area contributed by atoms with Crippen LogP contribution in [0.15, 0.2) is 72.9 Å². The zero-order chi connectivity index (χ0) is 24.8. The SMILES string of the molecule is COc1cc2nccc(Oc3ccc(NC(=S)NC(=O)Cc4ccccc4C)cc3)c2cc1OC. The largest absolute Gasteiger partial charge is 0.493 e. The van der Waals surface area contributed by atoms with Crippen LogP contribution in [0.2, 0.25) is 0 Å². The lowest BCUT2D eigenvalue weighted by atomic mass is 10.1. The van der Waals surface area contributed by atoms with Crippen LogP contribution in [0.5, 0.6) is 23.0 Å². The van der Waals surface area contributed by atoms with E-state index in [9.17, 15) is 4.79 Å². The fraction of sp³-hybridized carbons (Fsp3) is 0.148. The van der Waals surface area contributed by atoms with Gasteiger partial charge in [0.15, 0.2) is 16.6 Å². The predicted molar refractivity (Wildman–Crippen MR) is 141 cm³/mol. The molecule has 8 heteroatoms. The molecule has 1 heterocycles. The van der Waals surface area contributed by atoms with Crippen molar-refractivity contribution in [2.75, 3.05) is 19.5 Å². The van der Waals surface area contributed by atoms with Gasteiger partial charge in [0.05, 0.1) is 26.2 Å². The van der Waals surface area contributed by atoms with Crippen LogP contribution in [0.25, 0.3) is 10.9 Å². The Kier molecular flexibility index (Phi) is 7.42. The normalized spacial score (nSPS) is 10.5. The van der Waals surface area contributed by atoms with Crippen molar-refractivity contribution in [3.05, 3.63) is 84.1 Å². The van der Waals surface area contributed by atoms with Crippen LogP contribution in [0.3, 0.4) is 0 Å². The second kappa shape index (κ2) is 10.8. The van der Waals surface area contributed by atoms with Crippen molar-refractivity contribution in [1.82, 2.24) is 10.3 Å². The summed E-state index contributed by atoms with van der Waals surface area (Å²) in [4.78, 5) is 16.7. The first kappa shape index (κ1) is 24.0. The molecule has 0 radical (unpaired) electrons. The first-order valence-electron chi connectivity index (χ1n) is 10.9. The summed E-state index contributed by atoms with van der Waals surface area (Å²) in [7, 11) is 3.17. The van der Waals surface area contributed by atoms with Crippen molar-refractivity contribution in [1.29, 1.82) is 0 Å². The Bertz CT molecular complexity index is 1370. The van der Waals surface area contributed by atoms with E-state index in [0.717, 1.165) is 27.7 Å². The summed E-state index contributed by atoms with van der Waals surface area (Å²) in [6.07, 6.45) is 1.94. The Hall–Kier alpha value is -4.17. The van der Waals surface area contributed by atoms with E-state index < -0.39 is 0 Å². The number of rotatable bonds is 7. The molecule has 0 saturated heterocycles. The quantitative estimate of drug-likeness (QED) is 0.337. The molecule has 0 bridgehead atoms. The molecule has 35 heavy (non-hydrogen) atoms. The molecule has 2 N–H and O–H groups in total. The van der Waals surface area contributed by atoms with E-state index in [1.165, 1.54) is 0 Å². The number of amides is 1. The highest BCUT2D eigenvalue weighted by Crippen LogP contribution is 2.36. The molecule has 0 unspecified atom stereocenters. The summed E-state index contributed by atoms with van der Waals surface area (Å²) >= 11 is 5.29. The molecule has 0 spiro atoms. The van der Waals surface area contributed by atoms with Gasteiger partial charge in [-0.3, -0.25) is 9.78 Å². The second-order valence-corrected chi connectivity index (χ2v) is 8.17. The number of benzene rings is 3. The number of aryl methyl sites for hydroxylation is 1. The van der Waals surface area contributed by atoms with Crippen LogP contribution in [0.1, 0.15) is 11.1 Å². The number of pyridine rings is 1. The number of carbonyl (C=O) groups is 1. The van der Waals surface area contributed by atoms with Crippen LogP contribution in [-0.2, 0) is 11.2 Å². The van der Waals surface area contributed by atoms with E-state index in [2.05, 4.69) is 15.6 Å². The maximum atomic E-state index is 12.3. The monoisotopic (exact) mass is 487 g/mol. The van der Waals surface area contributed by atoms with Crippen molar-refractivity contribution in [3.8, 4) is 23.0 Å². The van der Waals surface area contributed by atoms with Gasteiger partial charge in [0.25, 0.3) is 0 Å². The van der Waals surface area contributed by atoms with Crippen molar-refractivity contribution in [2.24, 2.45) is 0 Å². The van der Waals surface area contributed by atoms with Crippen molar-refractivity contribution in [3.63, 3.8) is 0 Å². The van der Waals surface area contributed by atoms with Crippen LogP contribution >= 0.6 is 12.2 Å². The highest BCUT2D eigenvalue weighted by atomic mass is 32.1. The number of thiocarbonyl (C=S) groups is 1. The first-order chi connectivity index (χ1) is 17.0. The number of hydrogen-bond acceptors (Lipinski definition) is 6. The Labute approximate surface area is 209 Å². The first-order valence-corrected chi connectivity index (χ1v) is 11.3. The van der Waals surface area contributed by atoms with E-state index in [0.29, 0.717) is 23.0 Å². The fourth-order valence-corrected chi connectivity index (χ4v) is 3.82. The molecule has 0 saturated carbocycles. The Morgan fingerprint density at radius 2 is 1.66 bits per heavy atom. The summed E-state index contributed by atoms with van der Waals surface area (Å²) in [6, 6.07) is 20.5. The van der Waals surface area contributed by atoms with Gasteiger partial charge < -0.3 is 24.8 Å². The topological polar surface area (TPSA) is 81.7 Å². The fourth-order valence-electron chi connectivity index (χ4n) is 3.58. The molecule has 1 amide bonds. The lowest BCUT2D eigenvalue weighted by molar-refractivity contribution is -0.119. The summed E-state index contributed by atoms with van der Waals surface area (Å²) < 4.78 is 16.9. The third kappa shape index (κ3) is 5.85. The van der Waals surface area contributed by atoms with Crippen LogP contribution in [0, 0.1) is 6.92 Å². The minimum atomic E-state index is -0.173. The third-order valence-electron chi connectivity index (χ3n) is 5.41. The van der Waals surface area contributed by atoms with Crippen molar-refractivity contribution < 1.29 is 19.0 Å². The number of methoxy groups -OCH3 is 2. The predicted octanol–water partition coefficient (Wildman–Crippen LogP) is 5.41. The average Bonchev–Trinajstić information content (AvgIpc) is 2.86. The highest BCUT2D eigenvalue weighted by Gasteiger charge is 2.12. The number of fused-ring (bicyclic) bond motifs is 1. The lowest BCUT2D eigenvalue weighted by Gasteiger charge is -2.13. The van der Waals surface area contributed by atoms with E-state index in [1.807, 2.05) is 67.6 Å². The number of carbonyl (C=O) groups excluding carboxylic acids is 1. The number of anilines is 1. The molecular formula is C27H25N3O4S. The number of hydrogen-bond donors (Lipinski definition) is 2.